The number of nitrogens with zero attached hydrogens (tertiary/aromatic N) is 1. The summed E-state index contributed by atoms with van der Waals surface area (Å²) in [6.45, 7) is -0.0743. The van der Waals surface area contributed by atoms with E-state index < -0.39 is 5.97 Å². The van der Waals surface area contributed by atoms with Crippen LogP contribution in [0.5, 0.6) is 0 Å². The van der Waals surface area contributed by atoms with Crippen LogP contribution in [0.4, 0.5) is 10.1 Å². The van der Waals surface area contributed by atoms with Crippen LogP contribution in [0.3, 0.4) is 0 Å². The third-order valence-electron chi connectivity index (χ3n) is 3.41. The minimum absolute atomic E-state index is 0.0531. The summed E-state index contributed by atoms with van der Waals surface area (Å²) in [6.07, 6.45) is 0. The van der Waals surface area contributed by atoms with Gasteiger partial charge in [-0.3, -0.25) is 14.5 Å². The van der Waals surface area contributed by atoms with Gasteiger partial charge in [-0.05, 0) is 29.8 Å². The van der Waals surface area contributed by atoms with Gasteiger partial charge in [-0.2, -0.15) is 0 Å². The first-order valence-electron chi connectivity index (χ1n) is 7.06. The van der Waals surface area contributed by atoms with Crippen LogP contribution in [-0.4, -0.2) is 24.2 Å². The standard InChI is InChI=1S/C17H14FNO3S/c18-13-7-5-12(6-8-13)10-22-17(21)9-19-14-3-1-2-4-15(14)23-11-16(19)20/h1-8H,9-11H2. The number of rotatable bonds is 4. The Hall–Kier alpha value is -2.34. The molecule has 23 heavy (non-hydrogen) atoms. The molecule has 0 atom stereocenters. The third-order valence-corrected chi connectivity index (χ3v) is 4.46. The zero-order chi connectivity index (χ0) is 16.2. The number of ether oxygens (including phenoxy) is 1. The van der Waals surface area contributed by atoms with Gasteiger partial charge >= 0.3 is 5.97 Å². The second kappa shape index (κ2) is 6.83. The Kier molecular flexibility index (Phi) is 4.62. The molecule has 1 aliphatic rings. The largest absolute Gasteiger partial charge is 0.459 e. The quantitative estimate of drug-likeness (QED) is 0.808. The summed E-state index contributed by atoms with van der Waals surface area (Å²) in [5, 5.41) is 0. The van der Waals surface area contributed by atoms with E-state index in [0.717, 1.165) is 10.6 Å². The van der Waals surface area contributed by atoms with E-state index in [1.165, 1.54) is 28.8 Å². The number of hydrogen-bond acceptors (Lipinski definition) is 4. The fraction of sp³-hybridized carbons (Fsp3) is 0.176. The molecular formula is C17H14FNO3S. The summed E-state index contributed by atoms with van der Waals surface area (Å²) in [6, 6.07) is 13.2. The van der Waals surface area contributed by atoms with E-state index in [4.69, 9.17) is 4.74 Å². The van der Waals surface area contributed by atoms with Crippen LogP contribution in [-0.2, 0) is 20.9 Å². The first kappa shape index (κ1) is 15.6. The van der Waals surface area contributed by atoms with Gasteiger partial charge in [0, 0.05) is 4.90 Å². The molecule has 0 saturated heterocycles. The van der Waals surface area contributed by atoms with Gasteiger partial charge in [0.2, 0.25) is 5.91 Å². The van der Waals surface area contributed by atoms with E-state index in [1.54, 1.807) is 12.1 Å². The molecule has 2 aromatic rings. The Morgan fingerprint density at radius 2 is 1.91 bits per heavy atom. The van der Waals surface area contributed by atoms with Gasteiger partial charge in [0.05, 0.1) is 11.4 Å². The number of carbonyl (C=O) groups excluding carboxylic acids is 2. The van der Waals surface area contributed by atoms with Crippen molar-refractivity contribution in [1.82, 2.24) is 0 Å². The Morgan fingerprint density at radius 3 is 2.70 bits per heavy atom. The average molecular weight is 331 g/mol. The molecule has 2 aromatic carbocycles. The van der Waals surface area contributed by atoms with E-state index in [2.05, 4.69) is 0 Å². The maximum absolute atomic E-state index is 12.8. The molecular weight excluding hydrogens is 317 g/mol. The zero-order valence-corrected chi connectivity index (χ0v) is 13.0. The van der Waals surface area contributed by atoms with Crippen molar-refractivity contribution in [1.29, 1.82) is 0 Å². The van der Waals surface area contributed by atoms with E-state index in [0.29, 0.717) is 11.3 Å². The van der Waals surface area contributed by atoms with E-state index in [9.17, 15) is 14.0 Å². The van der Waals surface area contributed by atoms with Crippen molar-refractivity contribution in [3.63, 3.8) is 0 Å². The van der Waals surface area contributed by atoms with Crippen molar-refractivity contribution < 1.29 is 18.7 Å². The highest BCUT2D eigenvalue weighted by Gasteiger charge is 2.26. The molecule has 0 radical (unpaired) electrons. The normalized spacial score (nSPS) is 13.6. The molecule has 0 fully saturated rings. The molecule has 0 aliphatic carbocycles. The Labute approximate surface area is 137 Å². The number of anilines is 1. The minimum Gasteiger partial charge on any atom is -0.459 e. The lowest BCUT2D eigenvalue weighted by Crippen LogP contribution is -2.39. The number of carbonyl (C=O) groups is 2. The number of fused-ring (bicyclic) bond motifs is 1. The first-order valence-corrected chi connectivity index (χ1v) is 8.04. The number of thioether (sulfide) groups is 1. The molecule has 118 valence electrons. The molecule has 4 nitrogen and oxygen atoms in total. The molecule has 0 N–H and O–H groups in total. The summed E-state index contributed by atoms with van der Waals surface area (Å²) in [5.74, 6) is -0.646. The highest BCUT2D eigenvalue weighted by atomic mass is 32.2. The van der Waals surface area contributed by atoms with Crippen LogP contribution in [0.1, 0.15) is 5.56 Å². The van der Waals surface area contributed by atoms with Crippen molar-refractivity contribution in [2.75, 3.05) is 17.2 Å². The van der Waals surface area contributed by atoms with Crippen molar-refractivity contribution in [3.05, 3.63) is 59.9 Å². The van der Waals surface area contributed by atoms with Crippen LogP contribution >= 0.6 is 11.8 Å². The molecule has 0 saturated carbocycles. The molecule has 1 heterocycles. The molecule has 0 spiro atoms. The van der Waals surface area contributed by atoms with Gasteiger partial charge in [0.25, 0.3) is 0 Å². The molecule has 1 aliphatic heterocycles. The smallest absolute Gasteiger partial charge is 0.326 e. The van der Waals surface area contributed by atoms with Gasteiger partial charge in [-0.15, -0.1) is 11.8 Å². The number of para-hydroxylation sites is 1. The molecule has 3 rings (SSSR count). The minimum atomic E-state index is -0.496. The van der Waals surface area contributed by atoms with Crippen LogP contribution < -0.4 is 4.90 Å². The summed E-state index contributed by atoms with van der Waals surface area (Å²) < 4.78 is 18.0. The highest BCUT2D eigenvalue weighted by molar-refractivity contribution is 8.00. The van der Waals surface area contributed by atoms with Gasteiger partial charge in [-0.1, -0.05) is 24.3 Å². The maximum atomic E-state index is 12.8. The Balaban J connectivity index is 1.63. The predicted molar refractivity (Wildman–Crippen MR) is 85.7 cm³/mol. The Morgan fingerprint density at radius 1 is 1.17 bits per heavy atom. The van der Waals surface area contributed by atoms with Crippen LogP contribution in [0.15, 0.2) is 53.4 Å². The maximum Gasteiger partial charge on any atom is 0.326 e. The van der Waals surface area contributed by atoms with Crippen LogP contribution in [0, 0.1) is 5.82 Å². The lowest BCUT2D eigenvalue weighted by Gasteiger charge is -2.27. The molecule has 6 heteroatoms. The van der Waals surface area contributed by atoms with Crippen molar-refractivity contribution in [3.8, 4) is 0 Å². The van der Waals surface area contributed by atoms with E-state index >= 15 is 0 Å². The average Bonchev–Trinajstić information content (AvgIpc) is 2.57. The third kappa shape index (κ3) is 3.71. The highest BCUT2D eigenvalue weighted by Crippen LogP contribution is 2.34. The zero-order valence-electron chi connectivity index (χ0n) is 12.2. The number of hydrogen-bond donors (Lipinski definition) is 0. The number of benzene rings is 2. The van der Waals surface area contributed by atoms with Gasteiger partial charge in [0.1, 0.15) is 19.0 Å². The summed E-state index contributed by atoms with van der Waals surface area (Å²) in [5.41, 5.74) is 1.42. The summed E-state index contributed by atoms with van der Waals surface area (Å²) in [7, 11) is 0. The lowest BCUT2D eigenvalue weighted by molar-refractivity contribution is -0.144. The van der Waals surface area contributed by atoms with Crippen molar-refractivity contribution in [2.45, 2.75) is 11.5 Å². The lowest BCUT2D eigenvalue weighted by atomic mass is 10.2. The van der Waals surface area contributed by atoms with E-state index in [-0.39, 0.29) is 24.9 Å². The number of amides is 1. The second-order valence-corrected chi connectivity index (χ2v) is 6.04. The van der Waals surface area contributed by atoms with Gasteiger partial charge < -0.3 is 4.74 Å². The number of halogens is 1. The number of esters is 1. The van der Waals surface area contributed by atoms with E-state index in [1.807, 2.05) is 24.3 Å². The summed E-state index contributed by atoms with van der Waals surface area (Å²) in [4.78, 5) is 26.5. The van der Waals surface area contributed by atoms with Gasteiger partial charge in [-0.25, -0.2) is 4.39 Å². The second-order valence-electron chi connectivity index (χ2n) is 5.02. The fourth-order valence-electron chi connectivity index (χ4n) is 2.25. The SMILES string of the molecule is O=C(CN1C(=O)CSc2ccccc21)OCc1ccc(F)cc1. The monoisotopic (exact) mass is 331 g/mol. The first-order chi connectivity index (χ1) is 11.1. The van der Waals surface area contributed by atoms with Crippen LogP contribution in [0.2, 0.25) is 0 Å². The molecule has 0 unspecified atom stereocenters. The molecule has 1 amide bonds. The predicted octanol–water partition coefficient (Wildman–Crippen LogP) is 3.01. The Bertz CT molecular complexity index is 733. The summed E-state index contributed by atoms with van der Waals surface area (Å²) >= 11 is 1.46. The van der Waals surface area contributed by atoms with Crippen molar-refractivity contribution in [2.24, 2.45) is 0 Å². The van der Waals surface area contributed by atoms with Crippen molar-refractivity contribution >= 4 is 29.3 Å². The van der Waals surface area contributed by atoms with Crippen LogP contribution in [0.25, 0.3) is 0 Å². The fourth-order valence-corrected chi connectivity index (χ4v) is 3.18. The van der Waals surface area contributed by atoms with Gasteiger partial charge in [0.15, 0.2) is 0 Å². The topological polar surface area (TPSA) is 46.6 Å². The molecule has 0 bridgehead atoms. The molecule has 0 aromatic heterocycles.